The van der Waals surface area contributed by atoms with Crippen molar-refractivity contribution in [2.24, 2.45) is 7.05 Å². The topological polar surface area (TPSA) is 59.8 Å². The normalized spacial score (nSPS) is 12.6. The molecule has 3 rings (SSSR count). The molecule has 0 aliphatic heterocycles. The number of carbonyl (C=O) groups is 1. The van der Waals surface area contributed by atoms with Crippen LogP contribution >= 0.6 is 11.8 Å². The van der Waals surface area contributed by atoms with Gasteiger partial charge in [0.2, 0.25) is 5.91 Å². The fraction of sp³-hybridized carbons (Fsp3) is 0.400. The van der Waals surface area contributed by atoms with E-state index in [2.05, 4.69) is 79.6 Å². The molecule has 0 saturated heterocycles. The highest BCUT2D eigenvalue weighted by atomic mass is 32.2. The summed E-state index contributed by atoms with van der Waals surface area (Å²) in [5.41, 5.74) is 6.62. The third kappa shape index (κ3) is 5.18. The van der Waals surface area contributed by atoms with Crippen molar-refractivity contribution in [1.82, 2.24) is 14.8 Å². The summed E-state index contributed by atoms with van der Waals surface area (Å²) in [5, 5.41) is 12.2. The van der Waals surface area contributed by atoms with E-state index < -0.39 is 0 Å². The second-order valence-electron chi connectivity index (χ2n) is 9.22. The van der Waals surface area contributed by atoms with Crippen LogP contribution in [-0.2, 0) is 17.3 Å². The van der Waals surface area contributed by atoms with E-state index in [4.69, 9.17) is 0 Å². The highest BCUT2D eigenvalue weighted by Crippen LogP contribution is 2.29. The van der Waals surface area contributed by atoms with Crippen molar-refractivity contribution >= 4 is 23.4 Å². The number of aryl methyl sites for hydroxylation is 3. The van der Waals surface area contributed by atoms with Crippen molar-refractivity contribution in [2.45, 2.75) is 64.3 Å². The first-order valence-corrected chi connectivity index (χ1v) is 11.4. The third-order valence-corrected chi connectivity index (χ3v) is 6.55. The van der Waals surface area contributed by atoms with E-state index in [0.717, 1.165) is 33.4 Å². The molecule has 0 saturated carbocycles. The molecule has 0 radical (unpaired) electrons. The van der Waals surface area contributed by atoms with Gasteiger partial charge >= 0.3 is 0 Å². The molecule has 1 unspecified atom stereocenters. The number of benzene rings is 2. The second-order valence-corrected chi connectivity index (χ2v) is 10.5. The molecule has 1 N–H and O–H groups in total. The monoisotopic (exact) mass is 436 g/mol. The van der Waals surface area contributed by atoms with Crippen LogP contribution in [0.15, 0.2) is 41.6 Å². The first-order chi connectivity index (χ1) is 14.5. The molecule has 3 aromatic rings. The van der Waals surface area contributed by atoms with Crippen molar-refractivity contribution in [3.8, 4) is 11.4 Å². The molecular weight excluding hydrogens is 404 g/mol. The summed E-state index contributed by atoms with van der Waals surface area (Å²) in [6, 6.07) is 12.6. The van der Waals surface area contributed by atoms with Crippen molar-refractivity contribution in [1.29, 1.82) is 0 Å². The molecule has 1 aromatic heterocycles. The van der Waals surface area contributed by atoms with Gasteiger partial charge in [-0.25, -0.2) is 0 Å². The zero-order valence-electron chi connectivity index (χ0n) is 19.7. The van der Waals surface area contributed by atoms with Gasteiger partial charge in [0.15, 0.2) is 11.0 Å². The fourth-order valence-corrected chi connectivity index (χ4v) is 4.42. The fourth-order valence-electron chi connectivity index (χ4n) is 3.60. The zero-order valence-corrected chi connectivity index (χ0v) is 20.5. The van der Waals surface area contributed by atoms with Crippen molar-refractivity contribution < 1.29 is 4.79 Å². The van der Waals surface area contributed by atoms with Crippen molar-refractivity contribution in [3.05, 3.63) is 58.7 Å². The summed E-state index contributed by atoms with van der Waals surface area (Å²) < 4.78 is 1.95. The summed E-state index contributed by atoms with van der Waals surface area (Å²) in [7, 11) is 1.94. The van der Waals surface area contributed by atoms with Gasteiger partial charge in [-0.3, -0.25) is 4.79 Å². The van der Waals surface area contributed by atoms with Crippen LogP contribution in [0.4, 0.5) is 5.69 Å². The van der Waals surface area contributed by atoms with Crippen LogP contribution in [0, 0.1) is 20.8 Å². The first kappa shape index (κ1) is 23.1. The molecule has 1 heterocycles. The van der Waals surface area contributed by atoms with Crippen molar-refractivity contribution in [3.63, 3.8) is 0 Å². The summed E-state index contributed by atoms with van der Waals surface area (Å²) >= 11 is 1.41. The molecule has 31 heavy (non-hydrogen) atoms. The number of rotatable bonds is 5. The maximum absolute atomic E-state index is 12.8. The molecule has 6 heteroatoms. The van der Waals surface area contributed by atoms with Gasteiger partial charge in [-0.2, -0.15) is 0 Å². The van der Waals surface area contributed by atoms with Crippen LogP contribution in [0.3, 0.4) is 0 Å². The summed E-state index contributed by atoms with van der Waals surface area (Å²) in [6.07, 6.45) is 0. The lowest BCUT2D eigenvalue weighted by Crippen LogP contribution is -2.23. The molecule has 0 aliphatic rings. The van der Waals surface area contributed by atoms with Gasteiger partial charge in [0.1, 0.15) is 0 Å². The Balaban J connectivity index is 1.74. The first-order valence-electron chi connectivity index (χ1n) is 10.5. The molecule has 0 fully saturated rings. The van der Waals surface area contributed by atoms with E-state index >= 15 is 0 Å². The number of aromatic nitrogens is 3. The Hall–Kier alpha value is -2.60. The Morgan fingerprint density at radius 2 is 1.61 bits per heavy atom. The van der Waals surface area contributed by atoms with Crippen molar-refractivity contribution in [2.75, 3.05) is 5.32 Å². The van der Waals surface area contributed by atoms with E-state index in [-0.39, 0.29) is 16.6 Å². The highest BCUT2D eigenvalue weighted by Gasteiger charge is 2.21. The third-order valence-electron chi connectivity index (χ3n) is 5.42. The highest BCUT2D eigenvalue weighted by molar-refractivity contribution is 8.00. The van der Waals surface area contributed by atoms with Gasteiger partial charge in [0.05, 0.1) is 5.25 Å². The van der Waals surface area contributed by atoms with Crippen LogP contribution < -0.4 is 5.32 Å². The van der Waals surface area contributed by atoms with E-state index in [1.54, 1.807) is 0 Å². The smallest absolute Gasteiger partial charge is 0.237 e. The molecule has 0 aliphatic carbocycles. The van der Waals surface area contributed by atoms with E-state index in [1.165, 1.54) is 22.9 Å². The lowest BCUT2D eigenvalue weighted by atomic mass is 9.87. The number of carbonyl (C=O) groups excluding carboxylic acids is 1. The standard InChI is InChI=1S/C25H32N4OS/c1-15-13-16(2)21(17(3)14-15)26-23(30)18(4)31-24-28-27-22(29(24)8)19-9-11-20(12-10-19)25(5,6)7/h9-14,18H,1-8H3,(H,26,30). The number of nitrogens with zero attached hydrogens (tertiary/aromatic N) is 3. The van der Waals surface area contributed by atoms with Crippen LogP contribution in [0.5, 0.6) is 0 Å². The van der Waals surface area contributed by atoms with Crippen LogP contribution in [0.25, 0.3) is 11.4 Å². The number of anilines is 1. The maximum atomic E-state index is 12.8. The van der Waals surface area contributed by atoms with E-state index in [0.29, 0.717) is 0 Å². The Labute approximate surface area is 189 Å². The minimum atomic E-state index is -0.306. The zero-order chi connectivity index (χ0) is 22.9. The largest absolute Gasteiger partial charge is 0.325 e. The molecule has 2 aromatic carbocycles. The Bertz CT molecular complexity index is 1070. The maximum Gasteiger partial charge on any atom is 0.237 e. The number of nitrogens with one attached hydrogen (secondary N) is 1. The SMILES string of the molecule is Cc1cc(C)c(NC(=O)C(C)Sc2nnc(-c3ccc(C(C)(C)C)cc3)n2C)c(C)c1. The second kappa shape index (κ2) is 8.87. The number of thioether (sulfide) groups is 1. The summed E-state index contributed by atoms with van der Waals surface area (Å²) in [6.45, 7) is 14.6. The average Bonchev–Trinajstić information content (AvgIpc) is 3.04. The van der Waals surface area contributed by atoms with Gasteiger partial charge in [-0.1, -0.05) is 74.5 Å². The predicted octanol–water partition coefficient (Wildman–Crippen LogP) is 5.82. The minimum Gasteiger partial charge on any atom is -0.325 e. The predicted molar refractivity (Wildman–Crippen MR) is 130 cm³/mol. The number of amides is 1. The Morgan fingerprint density at radius 1 is 1.03 bits per heavy atom. The van der Waals surface area contributed by atoms with Crippen LogP contribution in [-0.4, -0.2) is 25.9 Å². The molecule has 1 atom stereocenters. The average molecular weight is 437 g/mol. The van der Waals surface area contributed by atoms with Gasteiger partial charge < -0.3 is 9.88 Å². The molecule has 0 spiro atoms. The molecule has 1 amide bonds. The summed E-state index contributed by atoms with van der Waals surface area (Å²) in [4.78, 5) is 12.8. The van der Waals surface area contributed by atoms with Gasteiger partial charge in [-0.15, -0.1) is 10.2 Å². The number of hydrogen-bond acceptors (Lipinski definition) is 4. The quantitative estimate of drug-likeness (QED) is 0.512. The van der Waals surface area contributed by atoms with E-state index in [9.17, 15) is 4.79 Å². The summed E-state index contributed by atoms with van der Waals surface area (Å²) in [5.74, 6) is 0.750. The van der Waals surface area contributed by atoms with E-state index in [1.807, 2.05) is 32.4 Å². The molecule has 5 nitrogen and oxygen atoms in total. The lowest BCUT2D eigenvalue weighted by Gasteiger charge is -2.19. The lowest BCUT2D eigenvalue weighted by molar-refractivity contribution is -0.115. The van der Waals surface area contributed by atoms with Gasteiger partial charge in [0, 0.05) is 18.3 Å². The minimum absolute atomic E-state index is 0.0425. The van der Waals surface area contributed by atoms with Gasteiger partial charge in [-0.05, 0) is 49.8 Å². The Kier molecular flexibility index (Phi) is 6.60. The van der Waals surface area contributed by atoms with Crippen LogP contribution in [0.1, 0.15) is 49.9 Å². The molecule has 164 valence electrons. The molecular formula is C25H32N4OS. The molecule has 0 bridgehead atoms. The number of hydrogen-bond donors (Lipinski definition) is 1. The Morgan fingerprint density at radius 3 is 2.16 bits per heavy atom. The van der Waals surface area contributed by atoms with Gasteiger partial charge in [0.25, 0.3) is 0 Å². The van der Waals surface area contributed by atoms with Crippen LogP contribution in [0.2, 0.25) is 0 Å².